The molecule has 6 nitrogen and oxygen atoms in total. The van der Waals surface area contributed by atoms with E-state index in [1.165, 1.54) is 16.4 Å². The number of fused-ring (bicyclic) bond motifs is 1. The van der Waals surface area contributed by atoms with Crippen molar-refractivity contribution in [2.45, 2.75) is 17.9 Å². The van der Waals surface area contributed by atoms with Crippen LogP contribution in [0.25, 0.3) is 0 Å². The summed E-state index contributed by atoms with van der Waals surface area (Å²) in [5.41, 5.74) is 2.76. The van der Waals surface area contributed by atoms with E-state index in [0.29, 0.717) is 25.3 Å². The van der Waals surface area contributed by atoms with Crippen molar-refractivity contribution in [3.63, 3.8) is 0 Å². The molecule has 1 N–H and O–H groups in total. The van der Waals surface area contributed by atoms with Gasteiger partial charge in [0.2, 0.25) is 0 Å². The van der Waals surface area contributed by atoms with Gasteiger partial charge in [0.15, 0.2) is 6.61 Å². The van der Waals surface area contributed by atoms with E-state index in [0.717, 1.165) is 16.8 Å². The Bertz CT molecular complexity index is 1130. The van der Waals surface area contributed by atoms with Crippen molar-refractivity contribution in [2.24, 2.45) is 0 Å². The molecule has 1 amide bonds. The van der Waals surface area contributed by atoms with E-state index in [1.807, 2.05) is 54.6 Å². The van der Waals surface area contributed by atoms with Crippen LogP contribution in [-0.4, -0.2) is 27.5 Å². The van der Waals surface area contributed by atoms with Gasteiger partial charge in [0.1, 0.15) is 5.75 Å². The number of carbonyl (C=O) groups is 1. The van der Waals surface area contributed by atoms with Gasteiger partial charge in [-0.1, -0.05) is 48.5 Å². The van der Waals surface area contributed by atoms with Gasteiger partial charge in [-0.05, 0) is 47.9 Å². The lowest BCUT2D eigenvalue weighted by molar-refractivity contribution is -0.123. The van der Waals surface area contributed by atoms with E-state index < -0.39 is 10.0 Å². The molecule has 1 aliphatic rings. The van der Waals surface area contributed by atoms with Crippen molar-refractivity contribution in [2.75, 3.05) is 17.5 Å². The number of amides is 1. The molecule has 0 aromatic heterocycles. The first-order valence-corrected chi connectivity index (χ1v) is 11.1. The minimum atomic E-state index is -3.64. The van der Waals surface area contributed by atoms with Crippen LogP contribution < -0.4 is 14.4 Å². The second kappa shape index (κ2) is 8.59. The Hall–Kier alpha value is -3.32. The van der Waals surface area contributed by atoms with Crippen LogP contribution in [0.5, 0.6) is 5.75 Å². The molecule has 0 bridgehead atoms. The van der Waals surface area contributed by atoms with Crippen molar-refractivity contribution in [3.8, 4) is 5.75 Å². The predicted octanol–water partition coefficient (Wildman–Crippen LogP) is 3.13. The van der Waals surface area contributed by atoms with Gasteiger partial charge in [0.25, 0.3) is 15.9 Å². The van der Waals surface area contributed by atoms with Gasteiger partial charge in [-0.25, -0.2) is 8.42 Å². The number of nitrogens with zero attached hydrogens (tertiary/aromatic N) is 1. The number of hydrogen-bond acceptors (Lipinski definition) is 4. The van der Waals surface area contributed by atoms with Crippen LogP contribution in [0.4, 0.5) is 5.69 Å². The number of ether oxygens (including phenoxy) is 1. The molecule has 1 heterocycles. The third-order valence-electron chi connectivity index (χ3n) is 4.96. The molecule has 0 saturated carbocycles. The van der Waals surface area contributed by atoms with Gasteiger partial charge < -0.3 is 10.1 Å². The van der Waals surface area contributed by atoms with Crippen molar-refractivity contribution >= 4 is 21.6 Å². The van der Waals surface area contributed by atoms with Gasteiger partial charge >= 0.3 is 0 Å². The van der Waals surface area contributed by atoms with Gasteiger partial charge in [0, 0.05) is 13.1 Å². The molecule has 1 aliphatic heterocycles. The highest BCUT2D eigenvalue weighted by atomic mass is 32.2. The maximum absolute atomic E-state index is 13.0. The standard InChI is InChI=1S/C23H22N2O4S/c26-23(24-16-18-6-2-1-3-7-18)17-29-20-10-12-21(13-11-20)30(27,28)25-15-14-19-8-4-5-9-22(19)25/h1-13H,14-17H2,(H,24,26). The first-order chi connectivity index (χ1) is 14.5. The molecule has 0 saturated heterocycles. The van der Waals surface area contributed by atoms with E-state index in [9.17, 15) is 13.2 Å². The molecular weight excluding hydrogens is 400 g/mol. The SMILES string of the molecule is O=C(COc1ccc(S(=O)(=O)N2CCc3ccccc32)cc1)NCc1ccccc1. The normalized spacial score (nSPS) is 13.0. The molecule has 0 aliphatic carbocycles. The highest BCUT2D eigenvalue weighted by molar-refractivity contribution is 7.92. The van der Waals surface area contributed by atoms with Crippen molar-refractivity contribution < 1.29 is 17.9 Å². The Labute approximate surface area is 176 Å². The lowest BCUT2D eigenvalue weighted by Crippen LogP contribution is -2.29. The van der Waals surface area contributed by atoms with Gasteiger partial charge in [0.05, 0.1) is 10.6 Å². The molecule has 0 unspecified atom stereocenters. The van der Waals surface area contributed by atoms with E-state index in [1.54, 1.807) is 12.1 Å². The van der Waals surface area contributed by atoms with Gasteiger partial charge in [-0.2, -0.15) is 0 Å². The fraction of sp³-hybridized carbons (Fsp3) is 0.174. The maximum Gasteiger partial charge on any atom is 0.264 e. The molecule has 0 fully saturated rings. The minimum Gasteiger partial charge on any atom is -0.484 e. The summed E-state index contributed by atoms with van der Waals surface area (Å²) in [7, 11) is -3.64. The number of para-hydroxylation sites is 1. The molecule has 30 heavy (non-hydrogen) atoms. The number of benzene rings is 3. The number of anilines is 1. The summed E-state index contributed by atoms with van der Waals surface area (Å²) in [6.07, 6.45) is 0.703. The van der Waals surface area contributed by atoms with Crippen LogP contribution in [0.15, 0.2) is 83.8 Å². The number of nitrogens with one attached hydrogen (secondary N) is 1. The monoisotopic (exact) mass is 422 g/mol. The third-order valence-corrected chi connectivity index (χ3v) is 6.79. The number of carbonyl (C=O) groups excluding carboxylic acids is 1. The minimum absolute atomic E-state index is 0.140. The van der Waals surface area contributed by atoms with Crippen LogP contribution in [0.3, 0.4) is 0 Å². The molecule has 0 spiro atoms. The average Bonchev–Trinajstić information content (AvgIpc) is 3.22. The molecule has 0 radical (unpaired) electrons. The van der Waals surface area contributed by atoms with Crippen LogP contribution in [-0.2, 0) is 27.8 Å². The van der Waals surface area contributed by atoms with Crippen LogP contribution in [0.2, 0.25) is 0 Å². The molecule has 4 rings (SSSR count). The van der Waals surface area contributed by atoms with E-state index in [-0.39, 0.29) is 17.4 Å². The number of sulfonamides is 1. The average molecular weight is 423 g/mol. The molecular formula is C23H22N2O4S. The Morgan fingerprint density at radius 1 is 0.933 bits per heavy atom. The molecule has 3 aromatic carbocycles. The lowest BCUT2D eigenvalue weighted by Gasteiger charge is -2.19. The largest absolute Gasteiger partial charge is 0.484 e. The molecule has 154 valence electrons. The predicted molar refractivity (Wildman–Crippen MR) is 115 cm³/mol. The smallest absolute Gasteiger partial charge is 0.264 e. The summed E-state index contributed by atoms with van der Waals surface area (Å²) in [6.45, 7) is 0.720. The first-order valence-electron chi connectivity index (χ1n) is 9.68. The number of hydrogen-bond donors (Lipinski definition) is 1. The van der Waals surface area contributed by atoms with Crippen molar-refractivity contribution in [1.82, 2.24) is 5.32 Å². The fourth-order valence-corrected chi connectivity index (χ4v) is 4.89. The van der Waals surface area contributed by atoms with Crippen molar-refractivity contribution in [3.05, 3.63) is 90.0 Å². The van der Waals surface area contributed by atoms with Crippen molar-refractivity contribution in [1.29, 1.82) is 0 Å². The zero-order valence-corrected chi connectivity index (χ0v) is 17.1. The van der Waals surface area contributed by atoms with Crippen LogP contribution in [0, 0.1) is 0 Å². The van der Waals surface area contributed by atoms with E-state index >= 15 is 0 Å². The Morgan fingerprint density at radius 3 is 2.40 bits per heavy atom. The van der Waals surface area contributed by atoms with E-state index in [4.69, 9.17) is 4.74 Å². The van der Waals surface area contributed by atoms with E-state index in [2.05, 4.69) is 5.32 Å². The first kappa shape index (κ1) is 20.0. The van der Waals surface area contributed by atoms with Gasteiger partial charge in [-0.3, -0.25) is 9.10 Å². The quantitative estimate of drug-likeness (QED) is 0.635. The highest BCUT2D eigenvalue weighted by Crippen LogP contribution is 2.32. The third kappa shape index (κ3) is 4.31. The Balaban J connectivity index is 1.35. The summed E-state index contributed by atoms with van der Waals surface area (Å²) < 4.78 is 33.0. The second-order valence-corrected chi connectivity index (χ2v) is 8.84. The topological polar surface area (TPSA) is 75.7 Å². The Morgan fingerprint density at radius 2 is 1.63 bits per heavy atom. The van der Waals surface area contributed by atoms with Crippen LogP contribution in [0.1, 0.15) is 11.1 Å². The Kier molecular flexibility index (Phi) is 5.72. The summed E-state index contributed by atoms with van der Waals surface area (Å²) in [4.78, 5) is 12.2. The number of rotatable bonds is 7. The lowest BCUT2D eigenvalue weighted by atomic mass is 10.2. The summed E-state index contributed by atoms with van der Waals surface area (Å²) in [5.74, 6) is 0.190. The zero-order valence-electron chi connectivity index (χ0n) is 16.3. The highest BCUT2D eigenvalue weighted by Gasteiger charge is 2.30. The molecule has 7 heteroatoms. The summed E-state index contributed by atoms with van der Waals surface area (Å²) in [5, 5.41) is 2.78. The molecule has 0 atom stereocenters. The van der Waals surface area contributed by atoms with Gasteiger partial charge in [-0.15, -0.1) is 0 Å². The second-order valence-electron chi connectivity index (χ2n) is 6.98. The van der Waals surface area contributed by atoms with Crippen LogP contribution >= 0.6 is 0 Å². The fourth-order valence-electron chi connectivity index (χ4n) is 3.39. The maximum atomic E-state index is 13.0. The zero-order chi connectivity index (χ0) is 21.0. The molecule has 3 aromatic rings. The summed E-state index contributed by atoms with van der Waals surface area (Å²) >= 11 is 0. The summed E-state index contributed by atoms with van der Waals surface area (Å²) in [6, 6.07) is 23.3.